The van der Waals surface area contributed by atoms with E-state index < -0.39 is 0 Å². The van der Waals surface area contributed by atoms with Crippen LogP contribution in [0.25, 0.3) is 21.9 Å². The lowest BCUT2D eigenvalue weighted by Gasteiger charge is -2.22. The van der Waals surface area contributed by atoms with Crippen molar-refractivity contribution in [2.75, 3.05) is 31.6 Å². The van der Waals surface area contributed by atoms with Gasteiger partial charge in [-0.25, -0.2) is 4.98 Å². The Hall–Kier alpha value is -4.39. The van der Waals surface area contributed by atoms with Crippen molar-refractivity contribution in [2.45, 2.75) is 65.8 Å². The highest BCUT2D eigenvalue weighted by atomic mass is 16.5. The number of anilines is 1. The number of aromatic nitrogens is 3. The van der Waals surface area contributed by atoms with E-state index in [1.807, 2.05) is 49.9 Å². The Bertz CT molecular complexity index is 1750. The van der Waals surface area contributed by atoms with E-state index in [4.69, 9.17) is 14.7 Å². The van der Waals surface area contributed by atoms with Gasteiger partial charge in [-0.05, 0) is 100 Å². The Morgan fingerprint density at radius 2 is 1.73 bits per heavy atom. The molecule has 2 heterocycles. The molecule has 0 saturated heterocycles. The summed E-state index contributed by atoms with van der Waals surface area (Å²) in [7, 11) is 0. The van der Waals surface area contributed by atoms with Gasteiger partial charge in [-0.1, -0.05) is 30.3 Å². The van der Waals surface area contributed by atoms with E-state index >= 15 is 0 Å². The molecule has 0 unspecified atom stereocenters. The minimum Gasteiger partial charge on any atom is -0.494 e. The number of hydrogen-bond acceptors (Lipinski definition) is 5. The summed E-state index contributed by atoms with van der Waals surface area (Å²) in [6.45, 7) is 9.73. The number of aryl methyl sites for hydroxylation is 2. The van der Waals surface area contributed by atoms with E-state index in [1.54, 1.807) is 0 Å². The number of nitrogens with zero attached hydrogens (tertiary/aromatic N) is 4. The molecule has 0 bridgehead atoms. The molecule has 1 aliphatic carbocycles. The van der Waals surface area contributed by atoms with Crippen LogP contribution in [0.5, 0.6) is 5.75 Å². The van der Waals surface area contributed by atoms with Gasteiger partial charge in [-0.3, -0.25) is 9.78 Å². The zero-order valence-corrected chi connectivity index (χ0v) is 26.2. The largest absolute Gasteiger partial charge is 0.494 e. The molecule has 0 radical (unpaired) electrons. The third kappa shape index (κ3) is 6.14. The summed E-state index contributed by atoms with van der Waals surface area (Å²) >= 11 is 0. The summed E-state index contributed by atoms with van der Waals surface area (Å²) in [4.78, 5) is 25.1. The summed E-state index contributed by atoms with van der Waals surface area (Å²) in [6, 6.07) is 22.8. The van der Waals surface area contributed by atoms with Gasteiger partial charge >= 0.3 is 0 Å². The van der Waals surface area contributed by atoms with Crippen molar-refractivity contribution < 1.29 is 9.53 Å². The van der Waals surface area contributed by atoms with E-state index in [1.165, 1.54) is 40.7 Å². The van der Waals surface area contributed by atoms with E-state index in [0.29, 0.717) is 31.7 Å². The number of nitrogens with one attached hydrogen (secondary N) is 1. The van der Waals surface area contributed by atoms with Crippen molar-refractivity contribution in [3.63, 3.8) is 0 Å². The number of para-hydroxylation sites is 1. The minimum atomic E-state index is 0.0524. The molecule has 5 aromatic rings. The van der Waals surface area contributed by atoms with E-state index in [2.05, 4.69) is 52.3 Å². The summed E-state index contributed by atoms with van der Waals surface area (Å²) in [5.74, 6) is 1.93. The third-order valence-corrected chi connectivity index (χ3v) is 8.75. The number of rotatable bonds is 12. The number of carbonyl (C=O) groups excluding carboxylic acids is 1. The number of ether oxygens (including phenoxy) is 1. The van der Waals surface area contributed by atoms with Crippen LogP contribution >= 0.6 is 0 Å². The molecular formula is C37H43N5O2. The lowest BCUT2D eigenvalue weighted by atomic mass is 9.92. The normalized spacial score (nSPS) is 12.8. The highest BCUT2D eigenvalue weighted by Crippen LogP contribution is 2.33. The second-order valence-corrected chi connectivity index (χ2v) is 11.5. The van der Waals surface area contributed by atoms with Gasteiger partial charge in [0.1, 0.15) is 11.6 Å². The first-order valence-corrected chi connectivity index (χ1v) is 16.2. The zero-order chi connectivity index (χ0) is 30.5. The number of fused-ring (bicyclic) bond motifs is 3. The molecule has 2 aromatic heterocycles. The second-order valence-electron chi connectivity index (χ2n) is 11.5. The second kappa shape index (κ2) is 13.5. The molecule has 44 heavy (non-hydrogen) atoms. The van der Waals surface area contributed by atoms with Crippen LogP contribution in [0.1, 0.15) is 73.0 Å². The van der Waals surface area contributed by atoms with Crippen molar-refractivity contribution in [1.82, 2.24) is 19.4 Å². The molecule has 228 valence electrons. The van der Waals surface area contributed by atoms with Crippen LogP contribution in [0.4, 0.5) is 5.69 Å². The fourth-order valence-corrected chi connectivity index (χ4v) is 6.47. The molecule has 3 aromatic carbocycles. The maximum atomic E-state index is 13.1. The maximum absolute atomic E-state index is 13.1. The molecule has 0 saturated carbocycles. The smallest absolute Gasteiger partial charge is 0.253 e. The summed E-state index contributed by atoms with van der Waals surface area (Å²) < 4.78 is 7.98. The molecule has 0 aliphatic heterocycles. The monoisotopic (exact) mass is 589 g/mol. The number of benzene rings is 3. The van der Waals surface area contributed by atoms with Gasteiger partial charge in [0.15, 0.2) is 0 Å². The number of pyridine rings is 1. The van der Waals surface area contributed by atoms with Crippen molar-refractivity contribution in [2.24, 2.45) is 0 Å². The Morgan fingerprint density at radius 3 is 2.52 bits per heavy atom. The van der Waals surface area contributed by atoms with E-state index in [0.717, 1.165) is 60.5 Å². The van der Waals surface area contributed by atoms with Gasteiger partial charge in [0.2, 0.25) is 0 Å². The molecule has 1 amide bonds. The summed E-state index contributed by atoms with van der Waals surface area (Å²) in [5.41, 5.74) is 8.78. The van der Waals surface area contributed by atoms with Crippen molar-refractivity contribution >= 4 is 33.5 Å². The van der Waals surface area contributed by atoms with Gasteiger partial charge < -0.3 is 19.5 Å². The topological polar surface area (TPSA) is 72.3 Å². The van der Waals surface area contributed by atoms with Gasteiger partial charge in [0.25, 0.3) is 5.91 Å². The predicted octanol–water partition coefficient (Wildman–Crippen LogP) is 7.44. The molecule has 0 spiro atoms. The molecule has 6 rings (SSSR count). The standard InChI is InChI=1S/C37H43N5O2/c1-4-41(5-2)37(43)27-18-21-34-33(25-27)40-35(24-26-16-19-28(20-17-26)44-6-3)42(34)23-11-22-38-36-29-12-7-9-14-31(29)39-32-15-10-8-13-30(32)36/h7,9,12,14,16-21,25H,4-6,8,10-11,13,15,22-24H2,1-3H3,(H,38,39). The number of hydrogen-bond donors (Lipinski definition) is 1. The fourth-order valence-electron chi connectivity index (χ4n) is 6.47. The maximum Gasteiger partial charge on any atom is 0.253 e. The first-order valence-electron chi connectivity index (χ1n) is 16.2. The van der Waals surface area contributed by atoms with Gasteiger partial charge in [-0.2, -0.15) is 0 Å². The predicted molar refractivity (Wildman–Crippen MR) is 179 cm³/mol. The van der Waals surface area contributed by atoms with Crippen LogP contribution in [0, 0.1) is 0 Å². The van der Waals surface area contributed by atoms with Crippen LogP contribution in [0.15, 0.2) is 66.7 Å². The molecule has 1 N–H and O–H groups in total. The highest BCUT2D eigenvalue weighted by molar-refractivity contribution is 5.97. The van der Waals surface area contributed by atoms with Crippen molar-refractivity contribution in [3.8, 4) is 5.75 Å². The number of imidazole rings is 1. The van der Waals surface area contributed by atoms with Crippen LogP contribution in [-0.4, -0.2) is 51.6 Å². The Kier molecular flexibility index (Phi) is 9.10. The first kappa shape index (κ1) is 29.7. The SMILES string of the molecule is CCOc1ccc(Cc2nc3cc(C(=O)N(CC)CC)ccc3n2CCCNc2c3c(nc4ccccc24)CCCC3)cc1. The van der Waals surface area contributed by atoms with Crippen LogP contribution in [0.3, 0.4) is 0 Å². The molecule has 7 heteroatoms. The lowest BCUT2D eigenvalue weighted by Crippen LogP contribution is -2.30. The quantitative estimate of drug-likeness (QED) is 0.153. The molecule has 0 atom stereocenters. The highest BCUT2D eigenvalue weighted by Gasteiger charge is 2.19. The van der Waals surface area contributed by atoms with Gasteiger partial charge in [0.05, 0.1) is 23.2 Å². The third-order valence-electron chi connectivity index (χ3n) is 8.75. The Labute approximate surface area is 260 Å². The van der Waals surface area contributed by atoms with Crippen LogP contribution in [-0.2, 0) is 25.8 Å². The first-order chi connectivity index (χ1) is 21.6. The molecule has 7 nitrogen and oxygen atoms in total. The Balaban J connectivity index is 1.26. The zero-order valence-electron chi connectivity index (χ0n) is 26.2. The average molecular weight is 590 g/mol. The summed E-state index contributed by atoms with van der Waals surface area (Å²) in [5, 5.41) is 5.04. The van der Waals surface area contributed by atoms with E-state index in [-0.39, 0.29) is 5.91 Å². The van der Waals surface area contributed by atoms with Crippen molar-refractivity contribution in [1.29, 1.82) is 0 Å². The molecule has 0 fully saturated rings. The van der Waals surface area contributed by atoms with Gasteiger partial charge in [0, 0.05) is 54.9 Å². The molecule has 1 aliphatic rings. The lowest BCUT2D eigenvalue weighted by molar-refractivity contribution is 0.0773. The number of carbonyl (C=O) groups is 1. The molecular weight excluding hydrogens is 546 g/mol. The average Bonchev–Trinajstić information content (AvgIpc) is 3.39. The van der Waals surface area contributed by atoms with Crippen molar-refractivity contribution in [3.05, 3.63) is 94.9 Å². The summed E-state index contributed by atoms with van der Waals surface area (Å²) in [6.07, 6.45) is 6.22. The van der Waals surface area contributed by atoms with Crippen LogP contribution in [0.2, 0.25) is 0 Å². The fraction of sp³-hybridized carbons (Fsp3) is 0.378. The van der Waals surface area contributed by atoms with Crippen LogP contribution < -0.4 is 10.1 Å². The Morgan fingerprint density at radius 1 is 0.932 bits per heavy atom. The minimum absolute atomic E-state index is 0.0524. The van der Waals surface area contributed by atoms with E-state index in [9.17, 15) is 4.79 Å². The number of amides is 1. The van der Waals surface area contributed by atoms with Gasteiger partial charge in [-0.15, -0.1) is 0 Å².